The zero-order valence-electron chi connectivity index (χ0n) is 13.0. The van der Waals surface area contributed by atoms with Gasteiger partial charge in [-0.15, -0.1) is 0 Å². The third-order valence-electron chi connectivity index (χ3n) is 3.41. The molecule has 0 heterocycles. The van der Waals surface area contributed by atoms with Gasteiger partial charge in [0.1, 0.15) is 0 Å². The minimum atomic E-state index is 0.438. The van der Waals surface area contributed by atoms with Crippen molar-refractivity contribution in [2.75, 3.05) is 20.6 Å². The van der Waals surface area contributed by atoms with Gasteiger partial charge in [0.25, 0.3) is 0 Å². The lowest BCUT2D eigenvalue weighted by molar-refractivity contribution is 0.281. The third-order valence-corrected chi connectivity index (χ3v) is 3.41. The minimum Gasteiger partial charge on any atom is -0.313 e. The highest BCUT2D eigenvalue weighted by Crippen LogP contribution is 2.26. The molecule has 18 heavy (non-hydrogen) atoms. The number of hydrogen-bond acceptors (Lipinski definition) is 2. The van der Waals surface area contributed by atoms with Gasteiger partial charge in [-0.3, -0.25) is 0 Å². The predicted molar refractivity (Wildman–Crippen MR) is 80.2 cm³/mol. The first-order valence-corrected chi connectivity index (χ1v) is 6.80. The number of nitrogens with zero attached hydrogens (tertiary/aromatic N) is 1. The van der Waals surface area contributed by atoms with Gasteiger partial charge in [-0.1, -0.05) is 31.5 Å². The lowest BCUT2D eigenvalue weighted by atomic mass is 9.93. The highest BCUT2D eigenvalue weighted by atomic mass is 15.1. The number of likely N-dealkylation sites (N-methyl/N-ethyl adjacent to an activating group) is 1. The van der Waals surface area contributed by atoms with Crippen LogP contribution in [0.15, 0.2) is 12.1 Å². The summed E-state index contributed by atoms with van der Waals surface area (Å²) in [5.74, 6) is 0. The van der Waals surface area contributed by atoms with Gasteiger partial charge in [0.2, 0.25) is 0 Å². The molecule has 1 aromatic carbocycles. The van der Waals surface area contributed by atoms with Crippen LogP contribution in [0.3, 0.4) is 0 Å². The van der Waals surface area contributed by atoms with Crippen molar-refractivity contribution in [2.24, 2.45) is 0 Å². The number of rotatable bonds is 5. The maximum Gasteiger partial charge on any atom is 0.0472 e. The van der Waals surface area contributed by atoms with Gasteiger partial charge in [-0.05, 0) is 51.6 Å². The van der Waals surface area contributed by atoms with Crippen LogP contribution >= 0.6 is 0 Å². The zero-order chi connectivity index (χ0) is 13.9. The van der Waals surface area contributed by atoms with E-state index in [0.717, 1.165) is 6.54 Å². The lowest BCUT2D eigenvalue weighted by Crippen LogP contribution is -2.35. The van der Waals surface area contributed by atoms with Gasteiger partial charge < -0.3 is 10.2 Å². The third kappa shape index (κ3) is 3.82. The molecule has 0 saturated carbocycles. The van der Waals surface area contributed by atoms with E-state index in [-0.39, 0.29) is 0 Å². The van der Waals surface area contributed by atoms with Crippen molar-refractivity contribution >= 4 is 0 Å². The molecule has 0 saturated heterocycles. The van der Waals surface area contributed by atoms with E-state index in [1.54, 1.807) is 0 Å². The number of hydrogen-bond donors (Lipinski definition) is 1. The van der Waals surface area contributed by atoms with Gasteiger partial charge in [-0.2, -0.15) is 0 Å². The molecule has 2 nitrogen and oxygen atoms in total. The molecule has 0 aromatic heterocycles. The predicted octanol–water partition coefficient (Wildman–Crippen LogP) is 3.21. The summed E-state index contributed by atoms with van der Waals surface area (Å²) >= 11 is 0. The van der Waals surface area contributed by atoms with Crippen LogP contribution in [0, 0.1) is 20.8 Å². The summed E-state index contributed by atoms with van der Waals surface area (Å²) in [6.45, 7) is 12.0. The molecule has 0 radical (unpaired) electrons. The molecule has 1 atom stereocenters. The fourth-order valence-electron chi connectivity index (χ4n) is 2.61. The Labute approximate surface area is 112 Å². The van der Waals surface area contributed by atoms with Crippen LogP contribution in [-0.4, -0.2) is 31.6 Å². The van der Waals surface area contributed by atoms with E-state index in [1.165, 1.54) is 22.3 Å². The van der Waals surface area contributed by atoms with Crippen molar-refractivity contribution < 1.29 is 0 Å². The summed E-state index contributed by atoms with van der Waals surface area (Å²) in [5.41, 5.74) is 5.62. The fraction of sp³-hybridized carbons (Fsp3) is 0.625. The van der Waals surface area contributed by atoms with Gasteiger partial charge in [0.05, 0.1) is 0 Å². The summed E-state index contributed by atoms with van der Waals surface area (Å²) < 4.78 is 0. The molecule has 0 aliphatic carbocycles. The van der Waals surface area contributed by atoms with Crippen molar-refractivity contribution in [3.8, 4) is 0 Å². The molecule has 0 fully saturated rings. The zero-order valence-corrected chi connectivity index (χ0v) is 13.0. The van der Waals surface area contributed by atoms with E-state index in [1.807, 2.05) is 0 Å². The second-order valence-electron chi connectivity index (χ2n) is 5.85. The minimum absolute atomic E-state index is 0.438. The standard InChI is InChI=1S/C16H28N2/c1-11(2)17-10-15(18(6)7)16-13(4)8-12(3)9-14(16)5/h8-9,11,15,17H,10H2,1-7H3. The van der Waals surface area contributed by atoms with E-state index < -0.39 is 0 Å². The summed E-state index contributed by atoms with van der Waals surface area (Å²) in [4.78, 5) is 2.31. The Morgan fingerprint density at radius 2 is 1.56 bits per heavy atom. The van der Waals surface area contributed by atoms with E-state index in [0.29, 0.717) is 12.1 Å². The summed E-state index contributed by atoms with van der Waals surface area (Å²) in [5, 5.41) is 3.55. The van der Waals surface area contributed by atoms with Crippen LogP contribution in [0.4, 0.5) is 0 Å². The topological polar surface area (TPSA) is 15.3 Å². The fourth-order valence-corrected chi connectivity index (χ4v) is 2.61. The molecular weight excluding hydrogens is 220 g/mol. The first-order chi connectivity index (χ1) is 8.32. The quantitative estimate of drug-likeness (QED) is 0.861. The maximum atomic E-state index is 3.55. The SMILES string of the molecule is Cc1cc(C)c(C(CNC(C)C)N(C)C)c(C)c1. The van der Waals surface area contributed by atoms with E-state index in [4.69, 9.17) is 0 Å². The average Bonchev–Trinajstić information content (AvgIpc) is 2.20. The average molecular weight is 248 g/mol. The Bertz CT molecular complexity index is 371. The van der Waals surface area contributed by atoms with E-state index in [2.05, 4.69) is 71.1 Å². The van der Waals surface area contributed by atoms with Crippen LogP contribution in [0.5, 0.6) is 0 Å². The largest absolute Gasteiger partial charge is 0.313 e. The van der Waals surface area contributed by atoms with Crippen molar-refractivity contribution in [1.29, 1.82) is 0 Å². The van der Waals surface area contributed by atoms with Crippen LogP contribution in [0.2, 0.25) is 0 Å². The Morgan fingerprint density at radius 3 is 1.94 bits per heavy atom. The second-order valence-corrected chi connectivity index (χ2v) is 5.85. The van der Waals surface area contributed by atoms with Crippen molar-refractivity contribution in [2.45, 2.75) is 46.7 Å². The van der Waals surface area contributed by atoms with Gasteiger partial charge >= 0.3 is 0 Å². The molecule has 0 spiro atoms. The molecule has 2 heteroatoms. The lowest BCUT2D eigenvalue weighted by Gasteiger charge is -2.29. The first-order valence-electron chi connectivity index (χ1n) is 6.80. The summed E-state index contributed by atoms with van der Waals surface area (Å²) in [6.07, 6.45) is 0. The summed E-state index contributed by atoms with van der Waals surface area (Å²) in [7, 11) is 4.32. The molecule has 1 N–H and O–H groups in total. The Hall–Kier alpha value is -0.860. The smallest absolute Gasteiger partial charge is 0.0472 e. The van der Waals surface area contributed by atoms with Gasteiger partial charge in [-0.25, -0.2) is 0 Å². The van der Waals surface area contributed by atoms with Crippen LogP contribution in [0.25, 0.3) is 0 Å². The Morgan fingerprint density at radius 1 is 1.06 bits per heavy atom. The monoisotopic (exact) mass is 248 g/mol. The van der Waals surface area contributed by atoms with Crippen molar-refractivity contribution in [1.82, 2.24) is 10.2 Å². The van der Waals surface area contributed by atoms with Gasteiger partial charge in [0.15, 0.2) is 0 Å². The van der Waals surface area contributed by atoms with Crippen LogP contribution in [0.1, 0.15) is 42.1 Å². The highest BCUT2D eigenvalue weighted by molar-refractivity contribution is 5.39. The summed E-state index contributed by atoms with van der Waals surface area (Å²) in [6, 6.07) is 5.54. The van der Waals surface area contributed by atoms with E-state index in [9.17, 15) is 0 Å². The second kappa shape index (κ2) is 6.35. The first kappa shape index (κ1) is 15.2. The molecule has 1 aromatic rings. The molecule has 0 amide bonds. The number of benzene rings is 1. The molecule has 0 bridgehead atoms. The molecule has 1 unspecified atom stereocenters. The molecule has 0 aliphatic rings. The molecule has 1 rings (SSSR count). The Kier molecular flexibility index (Phi) is 5.36. The molecule has 102 valence electrons. The maximum absolute atomic E-state index is 3.55. The number of nitrogens with one attached hydrogen (secondary N) is 1. The number of aryl methyl sites for hydroxylation is 3. The van der Waals surface area contributed by atoms with Crippen molar-refractivity contribution in [3.05, 3.63) is 34.4 Å². The molecule has 0 aliphatic heterocycles. The molecular formula is C16H28N2. The van der Waals surface area contributed by atoms with Gasteiger partial charge in [0, 0.05) is 18.6 Å². The Balaban J connectivity index is 3.06. The van der Waals surface area contributed by atoms with Crippen LogP contribution < -0.4 is 5.32 Å². The van der Waals surface area contributed by atoms with Crippen molar-refractivity contribution in [3.63, 3.8) is 0 Å². The normalized spacial score (nSPS) is 13.4. The van der Waals surface area contributed by atoms with E-state index >= 15 is 0 Å². The van der Waals surface area contributed by atoms with Crippen LogP contribution in [-0.2, 0) is 0 Å². The highest BCUT2D eigenvalue weighted by Gasteiger charge is 2.18.